The molecule has 3 fully saturated rings. The average Bonchev–Trinajstić information content (AvgIpc) is 3.15. The normalized spacial score (nSPS) is 37.1. The third-order valence-electron chi connectivity index (χ3n) is 10.8. The maximum absolute atomic E-state index is 10.2. The fourth-order valence-corrected chi connectivity index (χ4v) is 8.88. The van der Waals surface area contributed by atoms with Crippen molar-refractivity contribution in [2.45, 2.75) is 124 Å². The van der Waals surface area contributed by atoms with Gasteiger partial charge in [0.25, 0.3) is 0 Å². The molecule has 208 valence electrons. The molecule has 4 aliphatic rings. The average molecular weight is 513 g/mol. The van der Waals surface area contributed by atoms with Gasteiger partial charge < -0.3 is 16.7 Å². The number of fused-ring (bicyclic) bond motifs is 5. The molecule has 0 heterocycles. The number of allylic oxidation sites excluding steroid dienone is 1. The molecule has 0 radical (unpaired) electrons. The van der Waals surface area contributed by atoms with E-state index in [1.165, 1.54) is 57.8 Å². The van der Waals surface area contributed by atoms with E-state index >= 15 is 0 Å². The molecule has 6 heteroatoms. The molecular formula is C31H53LiO5. The molecule has 37 heavy (non-hydrogen) atoms. The van der Waals surface area contributed by atoms with Crippen LogP contribution in [0.2, 0.25) is 0 Å². The maximum Gasteiger partial charge on any atom is 1.00 e. The maximum atomic E-state index is 10.2. The Morgan fingerprint density at radius 3 is 2.22 bits per heavy atom. The van der Waals surface area contributed by atoms with Gasteiger partial charge in [0.15, 0.2) is 0 Å². The molecule has 0 aromatic carbocycles. The van der Waals surface area contributed by atoms with Gasteiger partial charge in [-0.15, -0.1) is 0 Å². The molecule has 0 aromatic rings. The third-order valence-corrected chi connectivity index (χ3v) is 10.8. The Hall–Kier alpha value is -0.763. The van der Waals surface area contributed by atoms with Crippen LogP contribution in [0.25, 0.3) is 0 Å². The largest absolute Gasteiger partial charge is 1.00 e. The fraction of sp³-hybridized carbons (Fsp3) is 0.871. The first-order valence-corrected chi connectivity index (χ1v) is 14.7. The van der Waals surface area contributed by atoms with Crippen molar-refractivity contribution in [1.82, 2.24) is 0 Å². The Morgan fingerprint density at radius 2 is 1.62 bits per heavy atom. The summed E-state index contributed by atoms with van der Waals surface area (Å²) in [4.78, 5) is 19.3. The predicted octanol–water partition coefficient (Wildman–Crippen LogP) is 4.44. The molecule has 0 spiro atoms. The minimum atomic E-state index is -1.08. The first-order chi connectivity index (χ1) is 16.9. The Bertz CT molecular complexity index is 802. The molecular weight excluding hydrogens is 459 g/mol. The van der Waals surface area contributed by atoms with Crippen LogP contribution in [0.15, 0.2) is 11.6 Å². The molecule has 0 amide bonds. The number of aliphatic hydroxyl groups excluding tert-OH is 1. The van der Waals surface area contributed by atoms with E-state index in [0.717, 1.165) is 48.3 Å². The number of aliphatic hydroxyl groups is 1. The van der Waals surface area contributed by atoms with Crippen molar-refractivity contribution in [3.05, 3.63) is 11.6 Å². The van der Waals surface area contributed by atoms with E-state index in [-0.39, 0.29) is 39.2 Å². The number of carboxylic acids is 2. The van der Waals surface area contributed by atoms with Crippen molar-refractivity contribution in [3.63, 3.8) is 0 Å². The SMILES string of the molecule is CC(C)CCCC(C)[C@H]1CC[C@H]2[C@@H]3CC=C4C[C@@H](O)CC[C@]4(C)[C@H]3CC[C@]12C.O=C(O)CCC(=O)O.[H-].[Li+]. The summed E-state index contributed by atoms with van der Waals surface area (Å²) in [5, 5.41) is 26.0. The topological polar surface area (TPSA) is 94.8 Å². The van der Waals surface area contributed by atoms with Crippen LogP contribution in [0.1, 0.15) is 120 Å². The molecule has 0 bridgehead atoms. The molecule has 1 unspecified atom stereocenters. The van der Waals surface area contributed by atoms with E-state index in [4.69, 9.17) is 10.2 Å². The number of carbonyl (C=O) groups is 2. The van der Waals surface area contributed by atoms with E-state index in [0.29, 0.717) is 10.8 Å². The van der Waals surface area contributed by atoms with Gasteiger partial charge in [-0.25, -0.2) is 0 Å². The van der Waals surface area contributed by atoms with Gasteiger partial charge >= 0.3 is 30.8 Å². The van der Waals surface area contributed by atoms with E-state index in [1.807, 2.05) is 0 Å². The monoisotopic (exact) mass is 512 g/mol. The summed E-state index contributed by atoms with van der Waals surface area (Å²) < 4.78 is 0. The van der Waals surface area contributed by atoms with Crippen molar-refractivity contribution in [3.8, 4) is 0 Å². The first kappa shape index (κ1) is 32.4. The minimum Gasteiger partial charge on any atom is -1.00 e. The third kappa shape index (κ3) is 7.46. The molecule has 4 aliphatic carbocycles. The van der Waals surface area contributed by atoms with Crippen molar-refractivity contribution in [2.24, 2.45) is 46.3 Å². The number of aliphatic carboxylic acids is 2. The van der Waals surface area contributed by atoms with Gasteiger partial charge in [-0.3, -0.25) is 9.59 Å². The number of hydrogen-bond acceptors (Lipinski definition) is 3. The fourth-order valence-electron chi connectivity index (χ4n) is 8.88. The Morgan fingerprint density at radius 1 is 0.973 bits per heavy atom. The Balaban J connectivity index is 0.000000633. The van der Waals surface area contributed by atoms with Crippen LogP contribution in [0.3, 0.4) is 0 Å². The number of hydrogen-bond donors (Lipinski definition) is 3. The summed E-state index contributed by atoms with van der Waals surface area (Å²) in [7, 11) is 0. The van der Waals surface area contributed by atoms with Crippen LogP contribution in [-0.4, -0.2) is 33.4 Å². The summed E-state index contributed by atoms with van der Waals surface area (Å²) >= 11 is 0. The number of rotatable bonds is 8. The van der Waals surface area contributed by atoms with Crippen molar-refractivity contribution in [1.29, 1.82) is 0 Å². The summed E-state index contributed by atoms with van der Waals surface area (Å²) in [5.41, 5.74) is 2.60. The number of carboxylic acid groups (broad SMARTS) is 2. The van der Waals surface area contributed by atoms with Gasteiger partial charge in [-0.1, -0.05) is 65.5 Å². The van der Waals surface area contributed by atoms with Gasteiger partial charge in [0, 0.05) is 0 Å². The van der Waals surface area contributed by atoms with Gasteiger partial charge in [0.1, 0.15) is 0 Å². The van der Waals surface area contributed by atoms with Crippen LogP contribution in [-0.2, 0) is 9.59 Å². The summed E-state index contributed by atoms with van der Waals surface area (Å²) in [6.45, 7) is 12.6. The second-order valence-corrected chi connectivity index (χ2v) is 13.5. The van der Waals surface area contributed by atoms with Gasteiger partial charge in [0.2, 0.25) is 0 Å². The summed E-state index contributed by atoms with van der Waals surface area (Å²) in [6.07, 6.45) is 16.6. The molecule has 5 nitrogen and oxygen atoms in total. The molecule has 0 aliphatic heterocycles. The van der Waals surface area contributed by atoms with Crippen molar-refractivity contribution >= 4 is 11.9 Å². The van der Waals surface area contributed by atoms with Gasteiger partial charge in [-0.2, -0.15) is 0 Å². The standard InChI is InChI=1S/C27H46O.C4H6O4.Li.H/c1-18(2)7-6-8-19(3)23-11-12-24-22-10-9-20-17-21(28)13-15-26(20,4)25(22)14-16-27(23,24)5;5-3(6)1-2-4(7)8;;/h9,18-19,21-25,28H,6-8,10-17H2,1-5H3;1-2H2,(H,5,6)(H,7,8);;/q;;+1;-1/t19?,21-,22-,23+,24-,25-,26-,27+;;;/m0.../s1. The zero-order valence-electron chi connectivity index (χ0n) is 25.5. The van der Waals surface area contributed by atoms with Crippen LogP contribution >= 0.6 is 0 Å². The molecule has 0 aromatic heterocycles. The molecule has 8 atom stereocenters. The van der Waals surface area contributed by atoms with Crippen molar-refractivity contribution in [2.75, 3.05) is 0 Å². The van der Waals surface area contributed by atoms with E-state index in [2.05, 4.69) is 40.7 Å². The second kappa shape index (κ2) is 13.5. The van der Waals surface area contributed by atoms with Crippen LogP contribution < -0.4 is 18.9 Å². The van der Waals surface area contributed by atoms with E-state index in [1.54, 1.807) is 5.57 Å². The van der Waals surface area contributed by atoms with E-state index < -0.39 is 11.9 Å². The second-order valence-electron chi connectivity index (χ2n) is 13.5. The zero-order valence-corrected chi connectivity index (χ0v) is 24.5. The predicted molar refractivity (Wildman–Crippen MR) is 145 cm³/mol. The quantitative estimate of drug-likeness (QED) is 0.330. The first-order valence-electron chi connectivity index (χ1n) is 14.7. The van der Waals surface area contributed by atoms with Crippen LogP contribution in [0, 0.1) is 46.3 Å². The van der Waals surface area contributed by atoms with Crippen LogP contribution in [0.5, 0.6) is 0 Å². The van der Waals surface area contributed by atoms with Crippen LogP contribution in [0.4, 0.5) is 0 Å². The Labute approximate surface area is 238 Å². The van der Waals surface area contributed by atoms with Gasteiger partial charge in [0.05, 0.1) is 18.9 Å². The van der Waals surface area contributed by atoms with Crippen molar-refractivity contribution < 1.29 is 45.2 Å². The molecule has 3 saturated carbocycles. The van der Waals surface area contributed by atoms with E-state index in [9.17, 15) is 14.7 Å². The summed E-state index contributed by atoms with van der Waals surface area (Å²) in [5.74, 6) is 3.30. The molecule has 4 rings (SSSR count). The zero-order chi connectivity index (χ0) is 26.7. The molecule has 0 saturated heterocycles. The smallest absolute Gasteiger partial charge is 1.00 e. The molecule has 3 N–H and O–H groups in total. The Kier molecular flexibility index (Phi) is 11.9. The minimum absolute atomic E-state index is 0. The summed E-state index contributed by atoms with van der Waals surface area (Å²) in [6, 6.07) is 0. The van der Waals surface area contributed by atoms with Gasteiger partial charge in [-0.05, 0) is 97.7 Å².